The van der Waals surface area contributed by atoms with E-state index < -0.39 is 16.9 Å². The van der Waals surface area contributed by atoms with E-state index in [2.05, 4.69) is 17.7 Å². The first-order valence-corrected chi connectivity index (χ1v) is 19.5. The van der Waals surface area contributed by atoms with Crippen LogP contribution in [0.4, 0.5) is 0 Å². The number of nitrogens with one attached hydrogen (secondary N) is 1. The van der Waals surface area contributed by atoms with Crippen LogP contribution in [0.2, 0.25) is 5.02 Å². The van der Waals surface area contributed by atoms with Gasteiger partial charge in [-0.2, -0.15) is 5.10 Å². The molecule has 1 aromatic heterocycles. The fourth-order valence-corrected chi connectivity index (χ4v) is 7.80. The van der Waals surface area contributed by atoms with Gasteiger partial charge in [-0.25, -0.2) is 8.89 Å². The van der Waals surface area contributed by atoms with E-state index in [-0.39, 0.29) is 33.7 Å². The Labute approximate surface area is 322 Å². The highest BCUT2D eigenvalue weighted by Crippen LogP contribution is 2.29. The van der Waals surface area contributed by atoms with Crippen molar-refractivity contribution >= 4 is 51.1 Å². The van der Waals surface area contributed by atoms with Crippen molar-refractivity contribution in [3.8, 4) is 5.69 Å². The van der Waals surface area contributed by atoms with Gasteiger partial charge in [0.1, 0.15) is 0 Å². The van der Waals surface area contributed by atoms with E-state index in [1.807, 2.05) is 78.9 Å². The van der Waals surface area contributed by atoms with Gasteiger partial charge in [-0.3, -0.25) is 19.1 Å². The number of hydrogen-bond acceptors (Lipinski definition) is 5. The Morgan fingerprint density at radius 3 is 2.37 bits per heavy atom. The number of nitrogens with zero attached hydrogens (tertiary/aromatic N) is 4. The molecule has 0 saturated heterocycles. The fraction of sp³-hybridized carbons (Fsp3) is 0.209. The molecule has 274 valence electrons. The Morgan fingerprint density at radius 2 is 1.59 bits per heavy atom. The number of fused-ring (bicyclic) bond motifs is 2. The summed E-state index contributed by atoms with van der Waals surface area (Å²) in [6.45, 7) is 5.61. The summed E-state index contributed by atoms with van der Waals surface area (Å²) < 4.78 is 17.5. The predicted octanol–water partition coefficient (Wildman–Crippen LogP) is 8.08. The molecule has 1 aliphatic rings. The van der Waals surface area contributed by atoms with E-state index in [0.29, 0.717) is 48.9 Å². The molecular formula is C43H40ClN5O4S. The molecule has 9 nitrogen and oxygen atoms in total. The largest absolute Gasteiger partial charge is 0.334 e. The Morgan fingerprint density at radius 1 is 0.870 bits per heavy atom. The van der Waals surface area contributed by atoms with Gasteiger partial charge in [0.15, 0.2) is 16.7 Å². The quantitative estimate of drug-likeness (QED) is 0.144. The molecule has 6 aromatic rings. The summed E-state index contributed by atoms with van der Waals surface area (Å²) in [4.78, 5) is 46.2. The van der Waals surface area contributed by atoms with Gasteiger partial charge in [0, 0.05) is 31.7 Å². The second kappa shape index (κ2) is 16.2. The number of amides is 3. The first-order valence-electron chi connectivity index (χ1n) is 18.0. The molecule has 1 unspecified atom stereocenters. The van der Waals surface area contributed by atoms with Gasteiger partial charge in [0.05, 0.1) is 26.9 Å². The maximum absolute atomic E-state index is 14.5. The molecule has 0 fully saturated rings. The molecule has 5 aromatic carbocycles. The third-order valence-electron chi connectivity index (χ3n) is 9.79. The van der Waals surface area contributed by atoms with Crippen LogP contribution in [0, 0.1) is 6.92 Å². The van der Waals surface area contributed by atoms with E-state index in [1.165, 1.54) is 16.3 Å². The van der Waals surface area contributed by atoms with Gasteiger partial charge in [-0.15, -0.1) is 0 Å². The molecule has 2 heterocycles. The number of benzene rings is 5. The summed E-state index contributed by atoms with van der Waals surface area (Å²) in [7, 11) is -1.86. The van der Waals surface area contributed by atoms with Crippen LogP contribution in [0.3, 0.4) is 0 Å². The average Bonchev–Trinajstić information content (AvgIpc) is 3.51. The molecule has 0 spiro atoms. The number of halogens is 1. The lowest BCUT2D eigenvalue weighted by Gasteiger charge is -2.29. The third kappa shape index (κ3) is 7.71. The minimum atomic E-state index is -1.86. The molecule has 1 N–H and O–H groups in total. The Balaban J connectivity index is 1.23. The summed E-state index contributed by atoms with van der Waals surface area (Å²) in [5, 5.41) is 6.82. The van der Waals surface area contributed by atoms with Crippen molar-refractivity contribution in [2.24, 2.45) is 0 Å². The van der Waals surface area contributed by atoms with Crippen molar-refractivity contribution in [1.29, 1.82) is 0 Å². The Kier molecular flexibility index (Phi) is 11.0. The van der Waals surface area contributed by atoms with E-state index in [9.17, 15) is 18.6 Å². The van der Waals surface area contributed by atoms with Crippen molar-refractivity contribution in [2.75, 3.05) is 13.1 Å². The highest BCUT2D eigenvalue weighted by atomic mass is 35.5. The highest BCUT2D eigenvalue weighted by Gasteiger charge is 2.29. The number of rotatable bonds is 11. The SMILES string of the molecule is CCCCN(Cc1ccccc1)C(=O)c1nn(-c2ccc(C(=O)NS(=O)c3ccc4ccccc4c3)cc2C(=O)N2CCc3ccccc3C2)c(C)c1Cl. The predicted molar refractivity (Wildman–Crippen MR) is 212 cm³/mol. The van der Waals surface area contributed by atoms with Crippen LogP contribution in [-0.4, -0.2) is 54.6 Å². The molecule has 0 saturated carbocycles. The minimum absolute atomic E-state index is 0.0825. The summed E-state index contributed by atoms with van der Waals surface area (Å²) >= 11 is 6.89. The van der Waals surface area contributed by atoms with Crippen molar-refractivity contribution in [3.05, 3.63) is 159 Å². The van der Waals surface area contributed by atoms with Gasteiger partial charge in [-0.05, 0) is 77.6 Å². The lowest BCUT2D eigenvalue weighted by Crippen LogP contribution is -2.36. The molecule has 1 aliphatic heterocycles. The molecule has 3 amide bonds. The molecule has 0 aliphatic carbocycles. The van der Waals surface area contributed by atoms with E-state index in [4.69, 9.17) is 16.7 Å². The first-order chi connectivity index (χ1) is 26.2. The molecule has 1 atom stereocenters. The normalized spacial score (nSPS) is 13.0. The maximum Gasteiger partial charge on any atom is 0.276 e. The van der Waals surface area contributed by atoms with Crippen LogP contribution >= 0.6 is 11.6 Å². The van der Waals surface area contributed by atoms with Gasteiger partial charge in [-0.1, -0.05) is 110 Å². The van der Waals surface area contributed by atoms with Crippen molar-refractivity contribution in [1.82, 2.24) is 24.3 Å². The lowest BCUT2D eigenvalue weighted by atomic mass is 9.98. The Hall–Kier alpha value is -5.58. The Bertz CT molecular complexity index is 2400. The zero-order chi connectivity index (χ0) is 37.8. The highest BCUT2D eigenvalue weighted by molar-refractivity contribution is 7.83. The monoisotopic (exact) mass is 757 g/mol. The van der Waals surface area contributed by atoms with E-state index in [0.717, 1.165) is 34.7 Å². The van der Waals surface area contributed by atoms with Gasteiger partial charge in [0.25, 0.3) is 17.7 Å². The third-order valence-corrected chi connectivity index (χ3v) is 11.3. The van der Waals surface area contributed by atoms with Crippen LogP contribution < -0.4 is 4.72 Å². The number of carbonyl (C=O) groups is 3. The van der Waals surface area contributed by atoms with Crippen LogP contribution in [0.25, 0.3) is 16.5 Å². The summed E-state index contributed by atoms with van der Waals surface area (Å²) in [5.41, 5.74) is 4.50. The van der Waals surface area contributed by atoms with Gasteiger partial charge >= 0.3 is 0 Å². The van der Waals surface area contributed by atoms with Gasteiger partial charge in [0.2, 0.25) is 0 Å². The second-order valence-corrected chi connectivity index (χ2v) is 15.0. The molecule has 0 bridgehead atoms. The van der Waals surface area contributed by atoms with Crippen LogP contribution in [0.1, 0.15) is 73.4 Å². The molecule has 7 rings (SSSR count). The van der Waals surface area contributed by atoms with E-state index in [1.54, 1.807) is 41.0 Å². The average molecular weight is 758 g/mol. The number of unbranched alkanes of at least 4 members (excludes halogenated alkanes) is 1. The lowest BCUT2D eigenvalue weighted by molar-refractivity contribution is 0.0729. The summed E-state index contributed by atoms with van der Waals surface area (Å²) in [6, 6.07) is 35.5. The first kappa shape index (κ1) is 36.8. The van der Waals surface area contributed by atoms with Crippen LogP contribution in [-0.2, 0) is 30.5 Å². The zero-order valence-electron chi connectivity index (χ0n) is 30.1. The standard InChI is InChI=1S/C43H40ClN5O4S/c1-3-4-23-47(27-30-12-6-5-7-13-30)43(52)40-39(44)29(2)49(45-40)38-21-19-34(26-37(38)42(51)48-24-22-32-15-9-11-17-35(32)28-48)41(50)46-54(53)36-20-18-31-14-8-10-16-33(31)25-36/h5-21,25-26H,3-4,22-24,27-28H2,1-2H3,(H,46,50). The van der Waals surface area contributed by atoms with Crippen molar-refractivity contribution in [2.45, 2.75) is 51.1 Å². The number of hydrogen-bond donors (Lipinski definition) is 1. The molecular weight excluding hydrogens is 718 g/mol. The van der Waals surface area contributed by atoms with E-state index >= 15 is 0 Å². The number of aromatic nitrogens is 2. The zero-order valence-corrected chi connectivity index (χ0v) is 31.7. The smallest absolute Gasteiger partial charge is 0.276 e. The van der Waals surface area contributed by atoms with Crippen molar-refractivity contribution < 1.29 is 18.6 Å². The van der Waals surface area contributed by atoms with Crippen LogP contribution in [0.15, 0.2) is 120 Å². The molecule has 11 heteroatoms. The minimum Gasteiger partial charge on any atom is -0.334 e. The summed E-state index contributed by atoms with van der Waals surface area (Å²) in [5.74, 6) is -1.23. The molecule has 0 radical (unpaired) electrons. The topological polar surface area (TPSA) is 105 Å². The number of carbonyl (C=O) groups excluding carboxylic acids is 3. The van der Waals surface area contributed by atoms with Crippen LogP contribution in [0.5, 0.6) is 0 Å². The fourth-order valence-electron chi connectivity index (χ4n) is 6.77. The second-order valence-electron chi connectivity index (χ2n) is 13.4. The summed E-state index contributed by atoms with van der Waals surface area (Å²) in [6.07, 6.45) is 2.40. The van der Waals surface area contributed by atoms with Gasteiger partial charge < -0.3 is 9.80 Å². The maximum atomic E-state index is 14.5. The molecule has 54 heavy (non-hydrogen) atoms. The van der Waals surface area contributed by atoms with Crippen molar-refractivity contribution in [3.63, 3.8) is 0 Å².